The van der Waals surface area contributed by atoms with E-state index in [9.17, 15) is 9.59 Å². The summed E-state index contributed by atoms with van der Waals surface area (Å²) in [6.45, 7) is 0.0816. The Morgan fingerprint density at radius 1 is 1.10 bits per heavy atom. The van der Waals surface area contributed by atoms with Gasteiger partial charge in [0.2, 0.25) is 6.79 Å². The van der Waals surface area contributed by atoms with Crippen molar-refractivity contribution in [1.82, 2.24) is 4.57 Å². The topological polar surface area (TPSA) is 79.1 Å². The standard InChI is InChI=1S/C22H16N2O5S/c1-27-20(25)11-24-16-9-17-18(29-12-28-17)10-19(16)30-22(24)23-21(26)15-8-4-6-13-5-2-3-7-14(13)15/h2-10H,11-12H2,1H3. The fraction of sp³-hybridized carbons (Fsp3) is 0.136. The van der Waals surface area contributed by atoms with Crippen LogP contribution >= 0.6 is 11.3 Å². The zero-order chi connectivity index (χ0) is 20.7. The largest absolute Gasteiger partial charge is 0.468 e. The number of benzene rings is 3. The molecule has 0 radical (unpaired) electrons. The second-order valence-corrected chi connectivity index (χ2v) is 7.67. The minimum absolute atomic E-state index is 0.0716. The Hall–Kier alpha value is -3.65. The minimum atomic E-state index is -0.438. The Morgan fingerprint density at radius 3 is 2.70 bits per heavy atom. The highest BCUT2D eigenvalue weighted by Crippen LogP contribution is 2.37. The number of hydrogen-bond donors (Lipinski definition) is 0. The van der Waals surface area contributed by atoms with Crippen molar-refractivity contribution in [1.29, 1.82) is 0 Å². The number of methoxy groups -OCH3 is 1. The van der Waals surface area contributed by atoms with Crippen molar-refractivity contribution in [3.05, 3.63) is 65.0 Å². The summed E-state index contributed by atoms with van der Waals surface area (Å²) in [5.41, 5.74) is 1.23. The maximum atomic E-state index is 13.1. The molecule has 0 fully saturated rings. The third-order valence-corrected chi connectivity index (χ3v) is 5.95. The van der Waals surface area contributed by atoms with Crippen LogP contribution in [0.3, 0.4) is 0 Å². The van der Waals surface area contributed by atoms with Gasteiger partial charge in [0.25, 0.3) is 5.91 Å². The third kappa shape index (κ3) is 3.11. The predicted molar refractivity (Wildman–Crippen MR) is 112 cm³/mol. The minimum Gasteiger partial charge on any atom is -0.468 e. The van der Waals surface area contributed by atoms with Crippen LogP contribution < -0.4 is 14.3 Å². The van der Waals surface area contributed by atoms with Gasteiger partial charge in [-0.1, -0.05) is 47.7 Å². The number of hydrogen-bond acceptors (Lipinski definition) is 6. The molecule has 0 atom stereocenters. The third-order valence-electron chi connectivity index (χ3n) is 4.91. The van der Waals surface area contributed by atoms with E-state index in [1.165, 1.54) is 18.4 Å². The van der Waals surface area contributed by atoms with Crippen molar-refractivity contribution in [3.63, 3.8) is 0 Å². The molecule has 4 aromatic rings. The molecule has 5 rings (SSSR count). The highest BCUT2D eigenvalue weighted by atomic mass is 32.1. The Labute approximate surface area is 174 Å². The molecule has 3 aromatic carbocycles. The lowest BCUT2D eigenvalue weighted by molar-refractivity contribution is -0.141. The number of nitrogens with zero attached hydrogens (tertiary/aromatic N) is 2. The zero-order valence-corrected chi connectivity index (χ0v) is 16.8. The summed E-state index contributed by atoms with van der Waals surface area (Å²) >= 11 is 1.30. The van der Waals surface area contributed by atoms with Crippen LogP contribution in [0.2, 0.25) is 0 Å². The highest BCUT2D eigenvalue weighted by molar-refractivity contribution is 7.16. The smallest absolute Gasteiger partial charge is 0.325 e. The Balaban J connectivity index is 1.68. The summed E-state index contributed by atoms with van der Waals surface area (Å²) in [4.78, 5) is 29.9. The van der Waals surface area contributed by atoms with Gasteiger partial charge in [0.1, 0.15) is 6.54 Å². The van der Waals surface area contributed by atoms with Crippen LogP contribution in [0.1, 0.15) is 10.4 Å². The van der Waals surface area contributed by atoms with Crippen LogP contribution in [0.4, 0.5) is 0 Å². The first-order chi connectivity index (χ1) is 14.6. The monoisotopic (exact) mass is 420 g/mol. The molecule has 1 amide bonds. The summed E-state index contributed by atoms with van der Waals surface area (Å²) in [7, 11) is 1.32. The van der Waals surface area contributed by atoms with Gasteiger partial charge in [-0.05, 0) is 16.8 Å². The van der Waals surface area contributed by atoms with E-state index < -0.39 is 5.97 Å². The van der Waals surface area contributed by atoms with E-state index in [1.807, 2.05) is 42.5 Å². The van der Waals surface area contributed by atoms with Crippen molar-refractivity contribution in [2.75, 3.05) is 13.9 Å². The summed E-state index contributed by atoms with van der Waals surface area (Å²) in [6.07, 6.45) is 0. The molecule has 0 bridgehead atoms. The van der Waals surface area contributed by atoms with E-state index in [4.69, 9.17) is 14.2 Å². The number of amides is 1. The van der Waals surface area contributed by atoms with Gasteiger partial charge < -0.3 is 18.8 Å². The second kappa shape index (κ2) is 7.31. The molecule has 7 nitrogen and oxygen atoms in total. The predicted octanol–water partition coefficient (Wildman–Crippen LogP) is 3.50. The second-order valence-electron chi connectivity index (χ2n) is 6.66. The maximum Gasteiger partial charge on any atom is 0.325 e. The molecular formula is C22H16N2O5S. The van der Waals surface area contributed by atoms with Gasteiger partial charge in [-0.15, -0.1) is 0 Å². The van der Waals surface area contributed by atoms with Gasteiger partial charge in [-0.2, -0.15) is 4.99 Å². The lowest BCUT2D eigenvalue weighted by Crippen LogP contribution is -2.22. The number of fused-ring (bicyclic) bond motifs is 3. The number of carbonyl (C=O) groups is 2. The first-order valence-corrected chi connectivity index (χ1v) is 10.0. The fourth-order valence-corrected chi connectivity index (χ4v) is 4.49. The first kappa shape index (κ1) is 18.4. The van der Waals surface area contributed by atoms with Crippen LogP contribution in [-0.2, 0) is 16.1 Å². The van der Waals surface area contributed by atoms with Crippen molar-refractivity contribution in [2.24, 2.45) is 4.99 Å². The quantitative estimate of drug-likeness (QED) is 0.474. The fourth-order valence-electron chi connectivity index (χ4n) is 3.45. The highest BCUT2D eigenvalue weighted by Gasteiger charge is 2.19. The molecule has 0 aliphatic carbocycles. The van der Waals surface area contributed by atoms with Crippen LogP contribution in [0.5, 0.6) is 11.5 Å². The zero-order valence-electron chi connectivity index (χ0n) is 16.0. The molecule has 0 N–H and O–H groups in total. The van der Waals surface area contributed by atoms with E-state index in [2.05, 4.69) is 4.99 Å². The molecular weight excluding hydrogens is 404 g/mol. The lowest BCUT2D eigenvalue weighted by atomic mass is 10.0. The van der Waals surface area contributed by atoms with E-state index in [1.54, 1.807) is 16.7 Å². The molecule has 1 aliphatic rings. The molecule has 1 aliphatic heterocycles. The van der Waals surface area contributed by atoms with Crippen molar-refractivity contribution >= 4 is 44.2 Å². The molecule has 0 spiro atoms. The lowest BCUT2D eigenvalue weighted by Gasteiger charge is -2.05. The Bertz CT molecular complexity index is 1380. The Kier molecular flexibility index (Phi) is 4.48. The van der Waals surface area contributed by atoms with Gasteiger partial charge in [0, 0.05) is 17.7 Å². The summed E-state index contributed by atoms with van der Waals surface area (Å²) in [5.74, 6) is 0.398. The molecule has 0 saturated heterocycles. The molecule has 0 unspecified atom stereocenters. The number of aromatic nitrogens is 1. The van der Waals surface area contributed by atoms with Crippen molar-refractivity contribution in [3.8, 4) is 11.5 Å². The van der Waals surface area contributed by atoms with Crippen LogP contribution in [0.25, 0.3) is 21.0 Å². The number of esters is 1. The number of carbonyl (C=O) groups excluding carboxylic acids is 2. The van der Waals surface area contributed by atoms with E-state index in [0.717, 1.165) is 21.0 Å². The molecule has 30 heavy (non-hydrogen) atoms. The van der Waals surface area contributed by atoms with Gasteiger partial charge in [-0.3, -0.25) is 9.59 Å². The number of thiazole rings is 1. The summed E-state index contributed by atoms with van der Waals surface area (Å²) in [5, 5.41) is 1.79. The van der Waals surface area contributed by atoms with Crippen LogP contribution in [0.15, 0.2) is 59.6 Å². The van der Waals surface area contributed by atoms with E-state index >= 15 is 0 Å². The average molecular weight is 420 g/mol. The number of rotatable bonds is 3. The van der Waals surface area contributed by atoms with Gasteiger partial charge in [-0.25, -0.2) is 0 Å². The van der Waals surface area contributed by atoms with Crippen molar-refractivity contribution < 1.29 is 23.8 Å². The normalized spacial score (nSPS) is 13.2. The first-order valence-electron chi connectivity index (χ1n) is 9.20. The van der Waals surface area contributed by atoms with E-state index in [-0.39, 0.29) is 19.2 Å². The van der Waals surface area contributed by atoms with Crippen LogP contribution in [0, 0.1) is 0 Å². The molecule has 8 heteroatoms. The molecule has 0 saturated carbocycles. The van der Waals surface area contributed by atoms with Crippen molar-refractivity contribution in [2.45, 2.75) is 6.54 Å². The van der Waals surface area contributed by atoms with Gasteiger partial charge in [0.15, 0.2) is 16.3 Å². The Morgan fingerprint density at radius 2 is 1.87 bits per heavy atom. The summed E-state index contributed by atoms with van der Waals surface area (Å²) < 4.78 is 18.2. The molecule has 1 aromatic heterocycles. The van der Waals surface area contributed by atoms with E-state index in [0.29, 0.717) is 21.9 Å². The number of ether oxygens (including phenoxy) is 3. The molecule has 2 heterocycles. The van der Waals surface area contributed by atoms with Gasteiger partial charge in [0.05, 0.1) is 17.3 Å². The molecule has 150 valence electrons. The average Bonchev–Trinajstić information content (AvgIpc) is 3.35. The maximum absolute atomic E-state index is 13.1. The van der Waals surface area contributed by atoms with Crippen LogP contribution in [-0.4, -0.2) is 30.3 Å². The van der Waals surface area contributed by atoms with Gasteiger partial charge >= 0.3 is 5.97 Å². The SMILES string of the molecule is COC(=O)Cn1c(=NC(=O)c2cccc3ccccc23)sc2cc3c(cc21)OCO3. The summed E-state index contributed by atoms with van der Waals surface area (Å²) in [6, 6.07) is 16.8.